The predicted octanol–water partition coefficient (Wildman–Crippen LogP) is 5.56. The van der Waals surface area contributed by atoms with Crippen LogP contribution in [0.3, 0.4) is 0 Å². The Morgan fingerprint density at radius 2 is 1.59 bits per heavy atom. The zero-order valence-electron chi connectivity index (χ0n) is 15.1. The third-order valence-electron chi connectivity index (χ3n) is 4.62. The molecule has 0 aliphatic rings. The van der Waals surface area contributed by atoms with Crippen LogP contribution < -0.4 is 5.32 Å². The third kappa shape index (κ3) is 3.85. The van der Waals surface area contributed by atoms with E-state index in [4.69, 9.17) is 0 Å². The van der Waals surface area contributed by atoms with Crippen LogP contribution >= 0.6 is 0 Å². The maximum atomic E-state index is 13.0. The van der Waals surface area contributed by atoms with Gasteiger partial charge in [0, 0.05) is 23.3 Å². The van der Waals surface area contributed by atoms with Gasteiger partial charge in [0.05, 0.1) is 11.6 Å². The van der Waals surface area contributed by atoms with Gasteiger partial charge in [-0.2, -0.15) is 13.2 Å². The number of pyridine rings is 2. The van der Waals surface area contributed by atoms with Crippen molar-refractivity contribution >= 4 is 16.7 Å². The van der Waals surface area contributed by atoms with Crippen LogP contribution in [0.4, 0.5) is 19.0 Å². The van der Waals surface area contributed by atoms with Crippen molar-refractivity contribution in [3.8, 4) is 5.75 Å². The van der Waals surface area contributed by atoms with Crippen molar-refractivity contribution in [2.75, 3.05) is 5.32 Å². The number of hydrogen-bond donors (Lipinski definition) is 2. The second-order valence-corrected chi connectivity index (χ2v) is 6.49. The van der Waals surface area contributed by atoms with Crippen molar-refractivity contribution in [3.63, 3.8) is 0 Å². The summed E-state index contributed by atoms with van der Waals surface area (Å²) < 4.78 is 38.9. The predicted molar refractivity (Wildman–Crippen MR) is 105 cm³/mol. The van der Waals surface area contributed by atoms with Crippen molar-refractivity contribution in [1.82, 2.24) is 9.97 Å². The lowest BCUT2D eigenvalue weighted by atomic mass is 9.95. The molecular weight excluding hydrogens is 379 g/mol. The van der Waals surface area contributed by atoms with E-state index >= 15 is 0 Å². The maximum absolute atomic E-state index is 13.0. The first-order valence-electron chi connectivity index (χ1n) is 8.85. The molecule has 0 unspecified atom stereocenters. The van der Waals surface area contributed by atoms with Gasteiger partial charge in [0.25, 0.3) is 0 Å². The lowest BCUT2D eigenvalue weighted by Crippen LogP contribution is -2.14. The number of nitrogens with zero attached hydrogens (tertiary/aromatic N) is 2. The van der Waals surface area contributed by atoms with E-state index in [1.807, 2.05) is 12.1 Å². The Bertz CT molecular complexity index is 1130. The molecule has 2 N–H and O–H groups in total. The third-order valence-corrected chi connectivity index (χ3v) is 4.62. The molecule has 4 aromatic rings. The molecule has 0 fully saturated rings. The molecular formula is C22H16F3N3O. The van der Waals surface area contributed by atoms with Gasteiger partial charge >= 0.3 is 6.18 Å². The van der Waals surface area contributed by atoms with Gasteiger partial charge in [-0.25, -0.2) is 4.98 Å². The van der Waals surface area contributed by atoms with Gasteiger partial charge in [0.15, 0.2) is 0 Å². The maximum Gasteiger partial charge on any atom is 0.416 e. The standard InChI is InChI=1S/C22H16F3N3O/c23-22(24,25)16-9-6-15(7-10-16)19(28-18-5-1-2-12-26-18)17-11-8-14-4-3-13-27-20(14)21(17)29/h1-13,19,29H,(H,26,28)/t19-/m0/s1. The summed E-state index contributed by atoms with van der Waals surface area (Å²) in [7, 11) is 0. The van der Waals surface area contributed by atoms with Gasteiger partial charge in [-0.1, -0.05) is 36.4 Å². The Morgan fingerprint density at radius 3 is 2.28 bits per heavy atom. The van der Waals surface area contributed by atoms with E-state index in [1.54, 1.807) is 42.7 Å². The van der Waals surface area contributed by atoms with Crippen molar-refractivity contribution in [2.24, 2.45) is 0 Å². The Morgan fingerprint density at radius 1 is 0.828 bits per heavy atom. The number of alkyl halides is 3. The summed E-state index contributed by atoms with van der Waals surface area (Å²) in [4.78, 5) is 8.46. The second-order valence-electron chi connectivity index (χ2n) is 6.49. The van der Waals surface area contributed by atoms with Gasteiger partial charge in [-0.15, -0.1) is 0 Å². The Labute approximate surface area is 164 Å². The highest BCUT2D eigenvalue weighted by atomic mass is 19.4. The van der Waals surface area contributed by atoms with Crippen LogP contribution in [0.1, 0.15) is 22.7 Å². The molecule has 7 heteroatoms. The molecule has 0 amide bonds. The molecule has 29 heavy (non-hydrogen) atoms. The second kappa shape index (κ2) is 7.43. The van der Waals surface area contributed by atoms with E-state index in [-0.39, 0.29) is 5.75 Å². The largest absolute Gasteiger partial charge is 0.505 e. The Balaban J connectivity index is 1.82. The highest BCUT2D eigenvalue weighted by molar-refractivity contribution is 5.86. The van der Waals surface area contributed by atoms with E-state index in [2.05, 4.69) is 15.3 Å². The minimum absolute atomic E-state index is 0.0311. The van der Waals surface area contributed by atoms with Crippen LogP contribution in [0.15, 0.2) is 79.1 Å². The molecule has 0 radical (unpaired) electrons. The zero-order valence-corrected chi connectivity index (χ0v) is 15.1. The van der Waals surface area contributed by atoms with Gasteiger partial charge in [0.1, 0.15) is 17.1 Å². The summed E-state index contributed by atoms with van der Waals surface area (Å²) in [6.45, 7) is 0. The first-order valence-corrected chi connectivity index (χ1v) is 8.85. The molecule has 4 nitrogen and oxygen atoms in total. The van der Waals surface area contributed by atoms with Crippen LogP contribution in [-0.4, -0.2) is 15.1 Å². The molecule has 0 aliphatic carbocycles. The van der Waals surface area contributed by atoms with E-state index in [0.717, 1.165) is 17.5 Å². The minimum Gasteiger partial charge on any atom is -0.505 e. The van der Waals surface area contributed by atoms with Gasteiger partial charge in [-0.3, -0.25) is 4.98 Å². The number of halogens is 3. The fourth-order valence-corrected chi connectivity index (χ4v) is 3.18. The number of fused-ring (bicyclic) bond motifs is 1. The lowest BCUT2D eigenvalue weighted by molar-refractivity contribution is -0.137. The fraction of sp³-hybridized carbons (Fsp3) is 0.0909. The van der Waals surface area contributed by atoms with Gasteiger partial charge in [-0.05, 0) is 35.9 Å². The molecule has 2 heterocycles. The van der Waals surface area contributed by atoms with Crippen molar-refractivity contribution < 1.29 is 18.3 Å². The molecule has 146 valence electrons. The number of aromatic nitrogens is 2. The summed E-state index contributed by atoms with van der Waals surface area (Å²) in [6, 6.07) is 16.6. The van der Waals surface area contributed by atoms with Crippen LogP contribution in [0, 0.1) is 0 Å². The number of nitrogens with one attached hydrogen (secondary N) is 1. The number of anilines is 1. The molecule has 0 saturated heterocycles. The Hall–Kier alpha value is -3.61. The summed E-state index contributed by atoms with van der Waals surface area (Å²) in [6.07, 6.45) is -1.24. The molecule has 1 atom stereocenters. The average molecular weight is 395 g/mol. The average Bonchev–Trinajstić information content (AvgIpc) is 2.73. The van der Waals surface area contributed by atoms with E-state index in [0.29, 0.717) is 22.5 Å². The van der Waals surface area contributed by atoms with Crippen molar-refractivity contribution in [3.05, 3.63) is 95.8 Å². The van der Waals surface area contributed by atoms with E-state index < -0.39 is 17.8 Å². The first-order chi connectivity index (χ1) is 13.9. The highest BCUT2D eigenvalue weighted by Gasteiger charge is 2.30. The molecule has 0 spiro atoms. The van der Waals surface area contributed by atoms with Crippen molar-refractivity contribution in [1.29, 1.82) is 0 Å². The summed E-state index contributed by atoms with van der Waals surface area (Å²) in [5.41, 5.74) is 0.725. The van der Waals surface area contributed by atoms with Crippen LogP contribution in [0.2, 0.25) is 0 Å². The van der Waals surface area contributed by atoms with Crippen molar-refractivity contribution in [2.45, 2.75) is 12.2 Å². The van der Waals surface area contributed by atoms with Gasteiger partial charge in [0.2, 0.25) is 0 Å². The lowest BCUT2D eigenvalue weighted by Gasteiger charge is -2.22. The molecule has 0 aliphatic heterocycles. The fourth-order valence-electron chi connectivity index (χ4n) is 3.18. The van der Waals surface area contributed by atoms with E-state index in [9.17, 15) is 18.3 Å². The van der Waals surface area contributed by atoms with Crippen LogP contribution in [0.25, 0.3) is 10.9 Å². The molecule has 0 saturated carbocycles. The SMILES string of the molecule is Oc1c([C@@H](Nc2ccccn2)c2ccc(C(F)(F)F)cc2)ccc2cccnc12. The van der Waals surface area contributed by atoms with E-state index in [1.165, 1.54) is 12.1 Å². The minimum atomic E-state index is -4.42. The number of phenols is 1. The Kier molecular flexibility index (Phi) is 4.80. The quantitative estimate of drug-likeness (QED) is 0.475. The smallest absolute Gasteiger partial charge is 0.416 e. The number of rotatable bonds is 4. The molecule has 2 aromatic heterocycles. The summed E-state index contributed by atoms with van der Waals surface area (Å²) in [5.74, 6) is 0.495. The topological polar surface area (TPSA) is 58.0 Å². The number of hydrogen-bond acceptors (Lipinski definition) is 4. The molecule has 0 bridgehead atoms. The number of aromatic hydroxyl groups is 1. The molecule has 4 rings (SSSR count). The first kappa shape index (κ1) is 18.7. The van der Waals surface area contributed by atoms with Crippen LogP contribution in [-0.2, 0) is 6.18 Å². The normalized spacial score (nSPS) is 12.7. The highest BCUT2D eigenvalue weighted by Crippen LogP contribution is 2.37. The van der Waals surface area contributed by atoms with Gasteiger partial charge < -0.3 is 10.4 Å². The number of phenolic OH excluding ortho intramolecular Hbond substituents is 1. The molecule has 2 aromatic carbocycles. The van der Waals surface area contributed by atoms with Crippen LogP contribution in [0.5, 0.6) is 5.75 Å². The summed E-state index contributed by atoms with van der Waals surface area (Å²) >= 11 is 0. The summed E-state index contributed by atoms with van der Waals surface area (Å²) in [5, 5.41) is 14.8. The number of benzene rings is 2. The monoisotopic (exact) mass is 395 g/mol. The zero-order chi connectivity index (χ0) is 20.4.